The Bertz CT molecular complexity index is 602. The van der Waals surface area contributed by atoms with Crippen LogP contribution in [-0.4, -0.2) is 5.97 Å². The second-order valence-corrected chi connectivity index (χ2v) is 4.77. The maximum Gasteiger partial charge on any atom is 0.303 e. The Balaban J connectivity index is 2.60. The number of ether oxygens (including phenoxy) is 1. The first-order valence-electron chi connectivity index (χ1n) is 5.78. The van der Waals surface area contributed by atoms with E-state index in [1.54, 1.807) is 6.07 Å². The molecule has 0 saturated carbocycles. The Labute approximate surface area is 105 Å². The number of carbonyl (C=O) groups excluding carboxylic acids is 1. The van der Waals surface area contributed by atoms with Gasteiger partial charge in [-0.05, 0) is 36.8 Å². The van der Waals surface area contributed by atoms with Gasteiger partial charge in [-0.25, -0.2) is 4.39 Å². The largest absolute Gasteiger partial charge is 0.455 e. The molecule has 0 aliphatic heterocycles. The van der Waals surface area contributed by atoms with Gasteiger partial charge in [-0.2, -0.15) is 0 Å². The fourth-order valence-corrected chi connectivity index (χ4v) is 2.19. The van der Waals surface area contributed by atoms with E-state index in [1.807, 2.05) is 32.0 Å². The fraction of sp³-hybridized carbons (Fsp3) is 0.267. The quantitative estimate of drug-likeness (QED) is 0.754. The molecule has 94 valence electrons. The number of fused-ring (bicyclic) bond motifs is 1. The fourth-order valence-electron chi connectivity index (χ4n) is 2.19. The zero-order valence-corrected chi connectivity index (χ0v) is 10.7. The number of rotatable bonds is 2. The first kappa shape index (κ1) is 12.6. The molecule has 0 amide bonds. The topological polar surface area (TPSA) is 26.3 Å². The standard InChI is InChI=1S/C15H15FO2/c1-10(17)18-15(2,3)14-6-4-5-11-9-12(16)7-8-13(11)14/h4-9H,1-3H3. The molecule has 3 heteroatoms. The average molecular weight is 246 g/mol. The van der Waals surface area contributed by atoms with Crippen LogP contribution in [0, 0.1) is 5.82 Å². The zero-order valence-electron chi connectivity index (χ0n) is 10.7. The van der Waals surface area contributed by atoms with Gasteiger partial charge < -0.3 is 4.74 Å². The van der Waals surface area contributed by atoms with Crippen molar-refractivity contribution < 1.29 is 13.9 Å². The number of esters is 1. The van der Waals surface area contributed by atoms with Crippen LogP contribution in [0.3, 0.4) is 0 Å². The minimum Gasteiger partial charge on any atom is -0.455 e. The zero-order chi connectivity index (χ0) is 13.3. The van der Waals surface area contributed by atoms with Gasteiger partial charge in [-0.3, -0.25) is 4.79 Å². The van der Waals surface area contributed by atoms with Crippen LogP contribution in [0.4, 0.5) is 4.39 Å². The highest BCUT2D eigenvalue weighted by molar-refractivity contribution is 5.86. The van der Waals surface area contributed by atoms with Crippen molar-refractivity contribution in [2.24, 2.45) is 0 Å². The maximum absolute atomic E-state index is 13.2. The van der Waals surface area contributed by atoms with E-state index in [-0.39, 0.29) is 11.8 Å². The highest BCUT2D eigenvalue weighted by Gasteiger charge is 2.25. The SMILES string of the molecule is CC(=O)OC(C)(C)c1cccc2cc(F)ccc12. The van der Waals surface area contributed by atoms with Crippen LogP contribution >= 0.6 is 0 Å². The summed E-state index contributed by atoms with van der Waals surface area (Å²) in [4.78, 5) is 11.1. The molecule has 0 heterocycles. The molecular weight excluding hydrogens is 231 g/mol. The number of halogens is 1. The summed E-state index contributed by atoms with van der Waals surface area (Å²) in [5, 5.41) is 1.69. The van der Waals surface area contributed by atoms with E-state index in [0.717, 1.165) is 16.3 Å². The molecule has 0 atom stereocenters. The lowest BCUT2D eigenvalue weighted by Gasteiger charge is -2.26. The van der Waals surface area contributed by atoms with Gasteiger partial charge in [0.25, 0.3) is 0 Å². The van der Waals surface area contributed by atoms with Crippen molar-refractivity contribution in [1.29, 1.82) is 0 Å². The van der Waals surface area contributed by atoms with Crippen molar-refractivity contribution in [3.63, 3.8) is 0 Å². The van der Waals surface area contributed by atoms with E-state index in [1.165, 1.54) is 19.1 Å². The first-order chi connectivity index (χ1) is 8.40. The third kappa shape index (κ3) is 2.35. The van der Waals surface area contributed by atoms with Crippen molar-refractivity contribution >= 4 is 16.7 Å². The van der Waals surface area contributed by atoms with Crippen LogP contribution in [0.1, 0.15) is 26.3 Å². The Hall–Kier alpha value is -1.90. The summed E-state index contributed by atoms with van der Waals surface area (Å²) in [6.07, 6.45) is 0. The van der Waals surface area contributed by atoms with Gasteiger partial charge >= 0.3 is 5.97 Å². The normalized spacial score (nSPS) is 11.6. The molecule has 2 aromatic rings. The number of hydrogen-bond acceptors (Lipinski definition) is 2. The minimum absolute atomic E-state index is 0.273. The van der Waals surface area contributed by atoms with Gasteiger partial charge in [0, 0.05) is 12.5 Å². The molecule has 0 saturated heterocycles. The third-order valence-corrected chi connectivity index (χ3v) is 2.89. The molecule has 0 spiro atoms. The van der Waals surface area contributed by atoms with Crippen LogP contribution in [-0.2, 0) is 15.1 Å². The summed E-state index contributed by atoms with van der Waals surface area (Å²) in [6, 6.07) is 10.2. The molecule has 0 unspecified atom stereocenters. The van der Waals surface area contributed by atoms with Crippen molar-refractivity contribution in [3.8, 4) is 0 Å². The number of hydrogen-bond donors (Lipinski definition) is 0. The summed E-state index contributed by atoms with van der Waals surface area (Å²) >= 11 is 0. The van der Waals surface area contributed by atoms with Gasteiger partial charge in [0.15, 0.2) is 0 Å². The average Bonchev–Trinajstić information content (AvgIpc) is 2.26. The third-order valence-electron chi connectivity index (χ3n) is 2.89. The second kappa shape index (κ2) is 4.41. The summed E-state index contributed by atoms with van der Waals surface area (Å²) in [6.45, 7) is 5.03. The molecule has 0 fully saturated rings. The van der Waals surface area contributed by atoms with Gasteiger partial charge in [0.05, 0.1) is 0 Å². The Kier molecular flexibility index (Phi) is 3.07. The summed E-state index contributed by atoms with van der Waals surface area (Å²) in [7, 11) is 0. The highest BCUT2D eigenvalue weighted by Crippen LogP contribution is 2.31. The van der Waals surface area contributed by atoms with Crippen molar-refractivity contribution in [3.05, 3.63) is 47.8 Å². The van der Waals surface area contributed by atoms with Gasteiger partial charge in [0.1, 0.15) is 11.4 Å². The molecular formula is C15H15FO2. The smallest absolute Gasteiger partial charge is 0.303 e. The van der Waals surface area contributed by atoms with Crippen LogP contribution in [0.2, 0.25) is 0 Å². The van der Waals surface area contributed by atoms with Crippen LogP contribution < -0.4 is 0 Å². The summed E-state index contributed by atoms with van der Waals surface area (Å²) in [5.74, 6) is -0.607. The highest BCUT2D eigenvalue weighted by atomic mass is 19.1. The molecule has 0 aliphatic carbocycles. The minimum atomic E-state index is -0.733. The van der Waals surface area contributed by atoms with E-state index in [2.05, 4.69) is 0 Å². The predicted molar refractivity (Wildman–Crippen MR) is 68.7 cm³/mol. The summed E-state index contributed by atoms with van der Waals surface area (Å²) in [5.41, 5.74) is 0.138. The van der Waals surface area contributed by atoms with Crippen molar-refractivity contribution in [2.75, 3.05) is 0 Å². The molecule has 2 nitrogen and oxygen atoms in total. The lowest BCUT2D eigenvalue weighted by molar-refractivity contribution is -0.154. The van der Waals surface area contributed by atoms with Crippen LogP contribution in [0.15, 0.2) is 36.4 Å². The number of carbonyl (C=O) groups is 1. The lowest BCUT2D eigenvalue weighted by atomic mass is 9.92. The van der Waals surface area contributed by atoms with Gasteiger partial charge in [-0.1, -0.05) is 24.3 Å². The summed E-state index contributed by atoms with van der Waals surface area (Å²) < 4.78 is 18.5. The van der Waals surface area contributed by atoms with E-state index in [0.29, 0.717) is 0 Å². The molecule has 0 bridgehead atoms. The van der Waals surface area contributed by atoms with Crippen molar-refractivity contribution in [1.82, 2.24) is 0 Å². The Morgan fingerprint density at radius 2 is 1.94 bits per heavy atom. The van der Waals surface area contributed by atoms with E-state index in [4.69, 9.17) is 4.74 Å². The molecule has 0 radical (unpaired) electrons. The lowest BCUT2D eigenvalue weighted by Crippen LogP contribution is -2.24. The monoisotopic (exact) mass is 246 g/mol. The molecule has 0 aliphatic rings. The van der Waals surface area contributed by atoms with Crippen LogP contribution in [0.25, 0.3) is 10.8 Å². The van der Waals surface area contributed by atoms with E-state index in [9.17, 15) is 9.18 Å². The second-order valence-electron chi connectivity index (χ2n) is 4.77. The Morgan fingerprint density at radius 3 is 2.61 bits per heavy atom. The molecule has 0 aromatic heterocycles. The molecule has 2 rings (SSSR count). The van der Waals surface area contributed by atoms with Crippen LogP contribution in [0.5, 0.6) is 0 Å². The van der Waals surface area contributed by atoms with E-state index < -0.39 is 5.60 Å². The maximum atomic E-state index is 13.2. The van der Waals surface area contributed by atoms with E-state index >= 15 is 0 Å². The van der Waals surface area contributed by atoms with Gasteiger partial charge in [0.2, 0.25) is 0 Å². The molecule has 18 heavy (non-hydrogen) atoms. The Morgan fingerprint density at radius 1 is 1.22 bits per heavy atom. The molecule has 0 N–H and O–H groups in total. The number of benzene rings is 2. The molecule has 2 aromatic carbocycles. The first-order valence-corrected chi connectivity index (χ1v) is 5.78. The van der Waals surface area contributed by atoms with Crippen molar-refractivity contribution in [2.45, 2.75) is 26.4 Å². The predicted octanol–water partition coefficient (Wildman–Crippen LogP) is 3.78. The van der Waals surface area contributed by atoms with Gasteiger partial charge in [-0.15, -0.1) is 0 Å².